The molecule has 43 heavy (non-hydrogen) atoms. The predicted octanol–water partition coefficient (Wildman–Crippen LogP) is 6.15. The molecule has 2 aromatic carbocycles. The zero-order valence-corrected chi connectivity index (χ0v) is 26.4. The molecule has 1 heterocycles. The monoisotopic (exact) mass is 608 g/mol. The second-order valence-electron chi connectivity index (χ2n) is 11.2. The van der Waals surface area contributed by atoms with Gasteiger partial charge in [-0.1, -0.05) is 67.4 Å². The van der Waals surface area contributed by atoms with Crippen LogP contribution >= 0.6 is 11.6 Å². The summed E-state index contributed by atoms with van der Waals surface area (Å²) < 4.78 is 11.2. The van der Waals surface area contributed by atoms with Crippen molar-refractivity contribution in [1.29, 1.82) is 0 Å². The third kappa shape index (κ3) is 8.33. The maximum atomic E-state index is 14.3. The van der Waals surface area contributed by atoms with Crippen LogP contribution in [-0.4, -0.2) is 72.8 Å². The van der Waals surface area contributed by atoms with E-state index in [4.69, 9.17) is 21.1 Å². The van der Waals surface area contributed by atoms with Crippen molar-refractivity contribution >= 4 is 29.3 Å². The number of rotatable bonds is 11. The molecule has 0 radical (unpaired) electrons. The Balaban J connectivity index is 1.60. The Morgan fingerprint density at radius 1 is 1.19 bits per heavy atom. The van der Waals surface area contributed by atoms with Crippen molar-refractivity contribution in [2.24, 2.45) is 0 Å². The third-order valence-electron chi connectivity index (χ3n) is 8.25. The number of carbonyl (C=O) groups is 2. The average Bonchev–Trinajstić information content (AvgIpc) is 3.01. The van der Waals surface area contributed by atoms with Crippen molar-refractivity contribution < 1.29 is 19.1 Å². The van der Waals surface area contributed by atoms with Crippen molar-refractivity contribution in [2.75, 3.05) is 32.8 Å². The van der Waals surface area contributed by atoms with Crippen LogP contribution in [0.3, 0.4) is 0 Å². The number of halogens is 1. The summed E-state index contributed by atoms with van der Waals surface area (Å²) >= 11 is 6.38. The van der Waals surface area contributed by atoms with Gasteiger partial charge in [0.25, 0.3) is 5.91 Å². The lowest BCUT2D eigenvalue weighted by Gasteiger charge is -2.42. The van der Waals surface area contributed by atoms with E-state index in [1.54, 1.807) is 13.1 Å². The molecule has 8 nitrogen and oxygen atoms in total. The second kappa shape index (κ2) is 15.8. The molecule has 3 atom stereocenters. The van der Waals surface area contributed by atoms with Gasteiger partial charge in [-0.3, -0.25) is 4.79 Å². The van der Waals surface area contributed by atoms with Crippen LogP contribution in [0.2, 0.25) is 5.02 Å². The molecule has 0 unspecified atom stereocenters. The third-order valence-corrected chi connectivity index (χ3v) is 8.55. The number of amides is 2. The van der Waals surface area contributed by atoms with Gasteiger partial charge in [0.05, 0.1) is 36.0 Å². The number of nitrogens with zero attached hydrogens (tertiary/aromatic N) is 2. The molecule has 232 valence electrons. The summed E-state index contributed by atoms with van der Waals surface area (Å²) in [6.07, 6.45) is 5.76. The maximum Gasteiger partial charge on any atom is 0.407 e. The molecule has 1 saturated carbocycles. The maximum absolute atomic E-state index is 14.3. The van der Waals surface area contributed by atoms with Crippen LogP contribution in [0.1, 0.15) is 57.1 Å². The van der Waals surface area contributed by atoms with Gasteiger partial charge in [-0.25, -0.2) is 4.79 Å². The minimum Gasteiger partial charge on any atom is -0.492 e. The zero-order chi connectivity index (χ0) is 30.8. The van der Waals surface area contributed by atoms with E-state index in [-0.39, 0.29) is 24.0 Å². The van der Waals surface area contributed by atoms with Crippen LogP contribution in [0, 0.1) is 6.92 Å². The highest BCUT2D eigenvalue weighted by Gasteiger charge is 2.35. The lowest BCUT2D eigenvalue weighted by atomic mass is 9.88. The molecule has 1 aliphatic carbocycles. The highest BCUT2D eigenvalue weighted by Crippen LogP contribution is 2.33. The lowest BCUT2D eigenvalue weighted by molar-refractivity contribution is -0.130. The van der Waals surface area contributed by atoms with Gasteiger partial charge in [0, 0.05) is 37.7 Å². The Morgan fingerprint density at radius 3 is 2.67 bits per heavy atom. The fourth-order valence-electron chi connectivity index (χ4n) is 6.12. The first-order valence-electron chi connectivity index (χ1n) is 15.3. The van der Waals surface area contributed by atoms with Crippen LogP contribution < -0.4 is 15.4 Å². The molecular formula is C34H45ClN4O4. The number of hydrogen-bond donors (Lipinski definition) is 2. The van der Waals surface area contributed by atoms with Gasteiger partial charge < -0.3 is 29.9 Å². The molecule has 2 N–H and O–H groups in total. The van der Waals surface area contributed by atoms with E-state index in [0.717, 1.165) is 49.1 Å². The molecule has 2 aliphatic rings. The van der Waals surface area contributed by atoms with Crippen LogP contribution in [0.25, 0.3) is 5.70 Å². The molecule has 9 heteroatoms. The van der Waals surface area contributed by atoms with Crippen LogP contribution in [-0.2, 0) is 9.53 Å². The van der Waals surface area contributed by atoms with Crippen molar-refractivity contribution in [1.82, 2.24) is 20.4 Å². The Bertz CT molecular complexity index is 1280. The van der Waals surface area contributed by atoms with Gasteiger partial charge in [0.2, 0.25) is 0 Å². The molecule has 2 fully saturated rings. The number of alkyl carbamates (subject to hydrolysis) is 1. The van der Waals surface area contributed by atoms with Crippen molar-refractivity contribution in [3.63, 3.8) is 0 Å². The van der Waals surface area contributed by atoms with Crippen LogP contribution in [0.4, 0.5) is 4.79 Å². The molecule has 2 aromatic rings. The van der Waals surface area contributed by atoms with Gasteiger partial charge in [0.15, 0.2) is 0 Å². The first kappa shape index (κ1) is 32.4. The summed E-state index contributed by atoms with van der Waals surface area (Å²) in [6, 6.07) is 15.5. The predicted molar refractivity (Wildman–Crippen MR) is 172 cm³/mol. The SMILES string of the molecule is C=CN(/C(=C(\C)C(=O)N1CCNC[C@H]1CCOc1ccc(C)cc1Cl)c1ccccc1)[C@H]1CCCC[C@@H]1NC(=O)OCC. The van der Waals surface area contributed by atoms with Crippen LogP contribution in [0.15, 0.2) is 66.9 Å². The van der Waals surface area contributed by atoms with E-state index in [9.17, 15) is 9.59 Å². The molecule has 0 aromatic heterocycles. The minimum absolute atomic E-state index is 0.0173. The van der Waals surface area contributed by atoms with E-state index in [1.807, 2.05) is 67.3 Å². The smallest absolute Gasteiger partial charge is 0.407 e. The number of piperazine rings is 1. The van der Waals surface area contributed by atoms with Gasteiger partial charge >= 0.3 is 6.09 Å². The molecule has 2 amide bonds. The van der Waals surface area contributed by atoms with Crippen molar-refractivity contribution in [2.45, 2.75) is 71.0 Å². The number of aryl methyl sites for hydroxylation is 1. The topological polar surface area (TPSA) is 83.1 Å². The molecule has 1 saturated heterocycles. The van der Waals surface area contributed by atoms with Gasteiger partial charge in [0.1, 0.15) is 5.75 Å². The second-order valence-corrected chi connectivity index (χ2v) is 11.6. The largest absolute Gasteiger partial charge is 0.492 e. The van der Waals surface area contributed by atoms with E-state index >= 15 is 0 Å². The fourth-order valence-corrected chi connectivity index (χ4v) is 6.40. The Labute approximate surface area is 261 Å². The quantitative estimate of drug-likeness (QED) is 0.298. The lowest BCUT2D eigenvalue weighted by Crippen LogP contribution is -2.55. The zero-order valence-electron chi connectivity index (χ0n) is 25.6. The number of benzene rings is 2. The first-order valence-corrected chi connectivity index (χ1v) is 15.7. The van der Waals surface area contributed by atoms with Gasteiger partial charge in [-0.05, 0) is 63.1 Å². The number of hydrogen-bond acceptors (Lipinski definition) is 6. The van der Waals surface area contributed by atoms with Gasteiger partial charge in [-0.15, -0.1) is 0 Å². The Hall–Kier alpha value is -3.49. The summed E-state index contributed by atoms with van der Waals surface area (Å²) in [5.74, 6) is 0.632. The summed E-state index contributed by atoms with van der Waals surface area (Å²) in [5, 5.41) is 7.10. The van der Waals surface area contributed by atoms with Crippen LogP contribution in [0.5, 0.6) is 5.75 Å². The summed E-state index contributed by atoms with van der Waals surface area (Å²) in [7, 11) is 0. The first-order chi connectivity index (χ1) is 20.8. The molecule has 4 rings (SSSR count). The van der Waals surface area contributed by atoms with Crippen molar-refractivity contribution in [3.05, 3.63) is 83.0 Å². The van der Waals surface area contributed by atoms with Gasteiger partial charge in [-0.2, -0.15) is 0 Å². The fraction of sp³-hybridized carbons (Fsp3) is 0.471. The summed E-state index contributed by atoms with van der Waals surface area (Å²) in [6.45, 7) is 12.6. The molecule has 1 aliphatic heterocycles. The summed E-state index contributed by atoms with van der Waals surface area (Å²) in [4.78, 5) is 30.8. The standard InChI is InChI=1S/C34H45ClN4O4/c1-5-38(30-15-11-10-14-29(30)37-34(41)42-6-2)32(26-12-8-7-9-13-26)25(4)33(40)39-20-19-36-23-27(39)18-21-43-31-17-16-24(3)22-28(31)35/h5,7-9,12-13,16-17,22,27,29-30,36H,1,6,10-11,14-15,18-21,23H2,2-4H3,(H,37,41)/b32-25+/t27-,29+,30+/m1/s1. The van der Waals surface area contributed by atoms with E-state index in [1.165, 1.54) is 0 Å². The highest BCUT2D eigenvalue weighted by molar-refractivity contribution is 6.32. The summed E-state index contributed by atoms with van der Waals surface area (Å²) in [5.41, 5.74) is 3.45. The number of nitrogens with one attached hydrogen (secondary N) is 2. The number of ether oxygens (including phenoxy) is 2. The molecule has 0 bridgehead atoms. The van der Waals surface area contributed by atoms with E-state index < -0.39 is 6.09 Å². The minimum atomic E-state index is -0.417. The highest BCUT2D eigenvalue weighted by atomic mass is 35.5. The Kier molecular flexibility index (Phi) is 11.9. The van der Waals surface area contributed by atoms with Crippen molar-refractivity contribution in [3.8, 4) is 5.75 Å². The molecular weight excluding hydrogens is 564 g/mol. The molecule has 0 spiro atoms. The number of carbonyl (C=O) groups excluding carboxylic acids is 2. The average molecular weight is 609 g/mol. The van der Waals surface area contributed by atoms with E-state index in [0.29, 0.717) is 49.1 Å². The Morgan fingerprint density at radius 2 is 1.95 bits per heavy atom. The van der Waals surface area contributed by atoms with E-state index in [2.05, 4.69) is 22.1 Å². The normalized spacial score (nSPS) is 20.9.